The molecule has 3 aromatic heterocycles. The van der Waals surface area contributed by atoms with Crippen molar-refractivity contribution in [2.45, 2.75) is 45.1 Å². The molecule has 2 N–H and O–H groups in total. The number of fused-ring (bicyclic) bond motifs is 1. The van der Waals surface area contributed by atoms with Crippen LogP contribution in [0, 0.1) is 5.92 Å². The van der Waals surface area contributed by atoms with E-state index in [-0.39, 0.29) is 16.5 Å². The van der Waals surface area contributed by atoms with Crippen molar-refractivity contribution < 1.29 is 9.47 Å². The van der Waals surface area contributed by atoms with E-state index in [0.717, 1.165) is 30.5 Å². The summed E-state index contributed by atoms with van der Waals surface area (Å²) in [6.45, 7) is 0.363. The van der Waals surface area contributed by atoms with E-state index in [1.54, 1.807) is 26.5 Å². The Labute approximate surface area is 185 Å². The van der Waals surface area contributed by atoms with Gasteiger partial charge in [0, 0.05) is 17.8 Å². The summed E-state index contributed by atoms with van der Waals surface area (Å²) >= 11 is 6.35. The van der Waals surface area contributed by atoms with Gasteiger partial charge in [0.25, 0.3) is 0 Å². The van der Waals surface area contributed by atoms with Crippen LogP contribution in [0.25, 0.3) is 11.0 Å². The van der Waals surface area contributed by atoms with E-state index in [1.807, 2.05) is 10.8 Å². The molecule has 3 aromatic rings. The molecule has 0 aliphatic heterocycles. The molecule has 1 aliphatic carbocycles. The average Bonchev–Trinajstić information content (AvgIpc) is 2.77. The summed E-state index contributed by atoms with van der Waals surface area (Å²) in [6.07, 6.45) is 10.2. The van der Waals surface area contributed by atoms with E-state index in [2.05, 4.69) is 15.0 Å². The van der Waals surface area contributed by atoms with Crippen LogP contribution in [0.4, 0.5) is 5.95 Å². The van der Waals surface area contributed by atoms with E-state index in [1.165, 1.54) is 19.3 Å². The summed E-state index contributed by atoms with van der Waals surface area (Å²) in [6, 6.07) is 1.80. The highest BCUT2D eigenvalue weighted by Crippen LogP contribution is 2.29. The van der Waals surface area contributed by atoms with Gasteiger partial charge in [0.15, 0.2) is 22.6 Å². The van der Waals surface area contributed by atoms with Gasteiger partial charge in [-0.05, 0) is 12.3 Å². The van der Waals surface area contributed by atoms with Gasteiger partial charge in [-0.25, -0.2) is 4.98 Å². The normalized spacial score (nSPS) is 14.7. The van der Waals surface area contributed by atoms with Crippen LogP contribution in [-0.4, -0.2) is 33.7 Å². The third kappa shape index (κ3) is 4.44. The molecule has 0 saturated heterocycles. The maximum atomic E-state index is 13.3. The van der Waals surface area contributed by atoms with Crippen LogP contribution in [0.15, 0.2) is 23.3 Å². The predicted molar refractivity (Wildman–Crippen MR) is 120 cm³/mol. The maximum absolute atomic E-state index is 13.3. The Balaban J connectivity index is 1.81. The van der Waals surface area contributed by atoms with Crippen LogP contribution in [0.5, 0.6) is 11.5 Å². The fraction of sp³-hybridized carbons (Fsp3) is 0.455. The lowest BCUT2D eigenvalue weighted by molar-refractivity contribution is 0.352. The number of hydrogen-bond donors (Lipinski definition) is 1. The smallest absolute Gasteiger partial charge is 0.223 e. The minimum absolute atomic E-state index is 0.0194. The first kappa shape index (κ1) is 21.4. The highest BCUT2D eigenvalue weighted by Gasteiger charge is 2.20. The van der Waals surface area contributed by atoms with E-state index >= 15 is 0 Å². The first-order chi connectivity index (χ1) is 15.0. The Morgan fingerprint density at radius 1 is 1.16 bits per heavy atom. The highest BCUT2D eigenvalue weighted by molar-refractivity contribution is 6.34. The van der Waals surface area contributed by atoms with Crippen LogP contribution in [0.1, 0.15) is 43.4 Å². The summed E-state index contributed by atoms with van der Waals surface area (Å²) < 4.78 is 12.5. The van der Waals surface area contributed by atoms with Crippen LogP contribution < -0.4 is 20.6 Å². The zero-order valence-corrected chi connectivity index (χ0v) is 18.5. The monoisotopic (exact) mass is 443 g/mol. The summed E-state index contributed by atoms with van der Waals surface area (Å²) in [5.41, 5.74) is 7.55. The molecule has 31 heavy (non-hydrogen) atoms. The third-order valence-electron chi connectivity index (χ3n) is 5.86. The van der Waals surface area contributed by atoms with Crippen molar-refractivity contribution in [2.24, 2.45) is 5.92 Å². The number of ether oxygens (including phenoxy) is 2. The first-order valence-corrected chi connectivity index (χ1v) is 10.8. The average molecular weight is 444 g/mol. The third-order valence-corrected chi connectivity index (χ3v) is 6.13. The zero-order chi connectivity index (χ0) is 22.0. The number of anilines is 1. The second kappa shape index (κ2) is 9.09. The van der Waals surface area contributed by atoms with Gasteiger partial charge in [-0.1, -0.05) is 43.7 Å². The van der Waals surface area contributed by atoms with Crippen LogP contribution in [-0.2, 0) is 13.0 Å². The first-order valence-electron chi connectivity index (χ1n) is 10.4. The fourth-order valence-electron chi connectivity index (χ4n) is 4.32. The predicted octanol–water partition coefficient (Wildman–Crippen LogP) is 3.61. The highest BCUT2D eigenvalue weighted by atomic mass is 35.5. The molecule has 0 amide bonds. The summed E-state index contributed by atoms with van der Waals surface area (Å²) in [5, 5.41) is 0.372. The Morgan fingerprint density at radius 3 is 2.61 bits per heavy atom. The molecule has 1 aliphatic rings. The number of rotatable bonds is 6. The number of nitrogen functional groups attached to an aromatic ring is 1. The Hall–Kier alpha value is -2.87. The molecular weight excluding hydrogens is 418 g/mol. The van der Waals surface area contributed by atoms with Gasteiger partial charge in [0.05, 0.1) is 32.7 Å². The number of nitrogens with two attached hydrogens (primary N) is 1. The van der Waals surface area contributed by atoms with Crippen molar-refractivity contribution in [1.82, 2.24) is 19.5 Å². The lowest BCUT2D eigenvalue weighted by Crippen LogP contribution is -2.21. The molecule has 8 nitrogen and oxygen atoms in total. The number of aromatic nitrogens is 4. The van der Waals surface area contributed by atoms with E-state index in [4.69, 9.17) is 26.8 Å². The SMILES string of the molecule is COc1cnc(Cn2cc(CC3CCCCC3)c(=O)c3c(Cl)nc(N)nc32)cc1OC. The van der Waals surface area contributed by atoms with Crippen LogP contribution in [0.2, 0.25) is 5.15 Å². The van der Waals surface area contributed by atoms with Crippen molar-refractivity contribution in [3.05, 3.63) is 45.1 Å². The quantitative estimate of drug-likeness (QED) is 0.580. The molecule has 164 valence electrons. The Bertz CT molecular complexity index is 1160. The Kier molecular flexibility index (Phi) is 6.27. The number of methoxy groups -OCH3 is 2. The summed E-state index contributed by atoms with van der Waals surface area (Å²) in [5.74, 6) is 1.64. The zero-order valence-electron chi connectivity index (χ0n) is 17.7. The molecule has 0 spiro atoms. The van der Waals surface area contributed by atoms with Gasteiger partial charge in [0.2, 0.25) is 5.95 Å². The van der Waals surface area contributed by atoms with Gasteiger partial charge in [-0.15, -0.1) is 0 Å². The van der Waals surface area contributed by atoms with Gasteiger partial charge < -0.3 is 19.8 Å². The topological polar surface area (TPSA) is 105 Å². The number of hydrogen-bond acceptors (Lipinski definition) is 7. The van der Waals surface area contributed by atoms with Crippen molar-refractivity contribution in [1.29, 1.82) is 0 Å². The molecule has 3 heterocycles. The van der Waals surface area contributed by atoms with Crippen molar-refractivity contribution in [3.63, 3.8) is 0 Å². The standard InChI is InChI=1S/C22H26ClN5O3/c1-30-16-9-15(25-10-17(16)31-2)12-28-11-14(8-13-6-4-3-5-7-13)19(29)18-20(23)26-22(24)27-21(18)28/h9-11,13H,3-8,12H2,1-2H3,(H2,24,26,27). The molecule has 0 bridgehead atoms. The summed E-state index contributed by atoms with van der Waals surface area (Å²) in [7, 11) is 3.14. The molecular formula is C22H26ClN5O3. The number of halogens is 1. The lowest BCUT2D eigenvalue weighted by Gasteiger charge is -2.22. The maximum Gasteiger partial charge on any atom is 0.223 e. The number of nitrogens with zero attached hydrogens (tertiary/aromatic N) is 4. The molecule has 0 atom stereocenters. The second-order valence-electron chi connectivity index (χ2n) is 7.92. The molecule has 0 aromatic carbocycles. The largest absolute Gasteiger partial charge is 0.493 e. The van der Waals surface area contributed by atoms with E-state index in [0.29, 0.717) is 35.0 Å². The lowest BCUT2D eigenvalue weighted by atomic mass is 9.85. The second-order valence-corrected chi connectivity index (χ2v) is 8.28. The molecule has 4 rings (SSSR count). The van der Waals surface area contributed by atoms with Gasteiger partial charge in [0.1, 0.15) is 10.5 Å². The van der Waals surface area contributed by atoms with Crippen molar-refractivity contribution >= 4 is 28.6 Å². The minimum Gasteiger partial charge on any atom is -0.493 e. The van der Waals surface area contributed by atoms with Crippen LogP contribution in [0.3, 0.4) is 0 Å². The van der Waals surface area contributed by atoms with Gasteiger partial charge in [-0.2, -0.15) is 4.98 Å². The van der Waals surface area contributed by atoms with Gasteiger partial charge in [-0.3, -0.25) is 9.78 Å². The Morgan fingerprint density at radius 2 is 1.90 bits per heavy atom. The fourth-order valence-corrected chi connectivity index (χ4v) is 4.57. The number of pyridine rings is 2. The van der Waals surface area contributed by atoms with Crippen LogP contribution >= 0.6 is 11.6 Å². The van der Waals surface area contributed by atoms with E-state index < -0.39 is 0 Å². The molecule has 1 fully saturated rings. The molecule has 0 radical (unpaired) electrons. The minimum atomic E-state index is -0.123. The molecule has 0 unspecified atom stereocenters. The van der Waals surface area contributed by atoms with Gasteiger partial charge >= 0.3 is 0 Å². The van der Waals surface area contributed by atoms with E-state index in [9.17, 15) is 4.79 Å². The molecule has 1 saturated carbocycles. The van der Waals surface area contributed by atoms with Crippen molar-refractivity contribution in [3.8, 4) is 11.5 Å². The van der Waals surface area contributed by atoms with Crippen molar-refractivity contribution in [2.75, 3.05) is 20.0 Å². The summed E-state index contributed by atoms with van der Waals surface area (Å²) in [4.78, 5) is 26.0. The molecule has 9 heteroatoms.